The molecule has 0 aliphatic carbocycles. The first kappa shape index (κ1) is 13.2. The SMILES string of the molecule is O=C(Nc1ccc(O)cc1F)c1cccc2c1OCCO2. The van der Waals surface area contributed by atoms with E-state index in [9.17, 15) is 9.18 Å². The van der Waals surface area contributed by atoms with Gasteiger partial charge in [-0.25, -0.2) is 4.39 Å². The number of rotatable bonds is 2. The van der Waals surface area contributed by atoms with E-state index in [0.717, 1.165) is 6.07 Å². The van der Waals surface area contributed by atoms with Crippen molar-refractivity contribution in [2.75, 3.05) is 18.5 Å². The number of amides is 1. The Morgan fingerprint density at radius 1 is 1.19 bits per heavy atom. The van der Waals surface area contributed by atoms with Crippen LogP contribution in [0.1, 0.15) is 10.4 Å². The molecule has 1 heterocycles. The summed E-state index contributed by atoms with van der Waals surface area (Å²) in [5, 5.41) is 11.6. The molecule has 108 valence electrons. The minimum absolute atomic E-state index is 0.0212. The van der Waals surface area contributed by atoms with Gasteiger partial charge >= 0.3 is 0 Å². The van der Waals surface area contributed by atoms with Crippen molar-refractivity contribution in [1.82, 2.24) is 0 Å². The first-order valence-electron chi connectivity index (χ1n) is 6.33. The third kappa shape index (κ3) is 2.60. The van der Waals surface area contributed by atoms with Gasteiger partial charge in [-0.1, -0.05) is 6.07 Å². The molecule has 1 amide bonds. The minimum atomic E-state index is -0.717. The Morgan fingerprint density at radius 2 is 2.00 bits per heavy atom. The van der Waals surface area contributed by atoms with E-state index in [-0.39, 0.29) is 17.0 Å². The first-order chi connectivity index (χ1) is 10.1. The van der Waals surface area contributed by atoms with E-state index in [4.69, 9.17) is 14.6 Å². The van der Waals surface area contributed by atoms with E-state index < -0.39 is 11.7 Å². The van der Waals surface area contributed by atoms with Crippen LogP contribution in [0.2, 0.25) is 0 Å². The van der Waals surface area contributed by atoms with Crippen LogP contribution >= 0.6 is 0 Å². The number of nitrogens with one attached hydrogen (secondary N) is 1. The summed E-state index contributed by atoms with van der Waals surface area (Å²) in [5.41, 5.74) is 0.242. The van der Waals surface area contributed by atoms with Crippen LogP contribution in [0.25, 0.3) is 0 Å². The Balaban J connectivity index is 1.89. The number of anilines is 1. The average Bonchev–Trinajstić information content (AvgIpc) is 2.49. The zero-order chi connectivity index (χ0) is 14.8. The third-order valence-corrected chi connectivity index (χ3v) is 3.01. The van der Waals surface area contributed by atoms with E-state index in [0.29, 0.717) is 24.7 Å². The van der Waals surface area contributed by atoms with Crippen molar-refractivity contribution in [1.29, 1.82) is 0 Å². The summed E-state index contributed by atoms with van der Waals surface area (Å²) in [6.45, 7) is 0.773. The highest BCUT2D eigenvalue weighted by Crippen LogP contribution is 2.34. The maximum Gasteiger partial charge on any atom is 0.259 e. The Hall–Kier alpha value is -2.76. The van der Waals surface area contributed by atoms with Gasteiger partial charge in [-0.2, -0.15) is 0 Å². The number of hydrogen-bond acceptors (Lipinski definition) is 4. The standard InChI is InChI=1S/C15H12FNO4/c16-11-8-9(18)4-5-12(11)17-15(19)10-2-1-3-13-14(10)21-7-6-20-13/h1-5,8,18H,6-7H2,(H,17,19). The molecular weight excluding hydrogens is 277 g/mol. The summed E-state index contributed by atoms with van der Waals surface area (Å²) in [5.74, 6) is -0.605. The average molecular weight is 289 g/mol. The van der Waals surface area contributed by atoms with Gasteiger partial charge in [0.05, 0.1) is 11.3 Å². The number of phenols is 1. The van der Waals surface area contributed by atoms with Gasteiger partial charge < -0.3 is 19.9 Å². The number of fused-ring (bicyclic) bond motifs is 1. The molecule has 5 nitrogen and oxygen atoms in total. The highest BCUT2D eigenvalue weighted by Gasteiger charge is 2.21. The van der Waals surface area contributed by atoms with Gasteiger partial charge in [0, 0.05) is 6.07 Å². The summed E-state index contributed by atoms with van der Waals surface area (Å²) in [4.78, 5) is 12.2. The zero-order valence-electron chi connectivity index (χ0n) is 10.9. The molecule has 21 heavy (non-hydrogen) atoms. The van der Waals surface area contributed by atoms with E-state index in [2.05, 4.69) is 5.32 Å². The van der Waals surface area contributed by atoms with Crippen LogP contribution in [0.15, 0.2) is 36.4 Å². The van der Waals surface area contributed by atoms with Crippen LogP contribution < -0.4 is 14.8 Å². The zero-order valence-corrected chi connectivity index (χ0v) is 10.9. The maximum atomic E-state index is 13.6. The highest BCUT2D eigenvalue weighted by atomic mass is 19.1. The molecule has 0 fully saturated rings. The second kappa shape index (κ2) is 5.32. The number of phenolic OH excluding ortho intramolecular Hbond substituents is 1. The molecule has 0 saturated heterocycles. The Kier molecular flexibility index (Phi) is 3.35. The summed E-state index contributed by atoms with van der Waals surface area (Å²) in [6, 6.07) is 8.44. The van der Waals surface area contributed by atoms with Crippen LogP contribution in [0.5, 0.6) is 17.2 Å². The molecule has 0 bridgehead atoms. The molecule has 0 atom stereocenters. The lowest BCUT2D eigenvalue weighted by atomic mass is 10.1. The fourth-order valence-electron chi connectivity index (χ4n) is 2.05. The normalized spacial score (nSPS) is 12.8. The summed E-state index contributed by atoms with van der Waals surface area (Å²) in [7, 11) is 0. The van der Waals surface area contributed by atoms with Gasteiger partial charge in [0.2, 0.25) is 0 Å². The van der Waals surface area contributed by atoms with Crippen molar-refractivity contribution in [2.45, 2.75) is 0 Å². The van der Waals surface area contributed by atoms with E-state index in [1.165, 1.54) is 12.1 Å². The molecule has 0 spiro atoms. The molecule has 2 aromatic rings. The number of aromatic hydroxyl groups is 1. The first-order valence-corrected chi connectivity index (χ1v) is 6.33. The van der Waals surface area contributed by atoms with Gasteiger partial charge in [0.25, 0.3) is 5.91 Å². The quantitative estimate of drug-likeness (QED) is 0.834. The van der Waals surface area contributed by atoms with Gasteiger partial charge in [0.15, 0.2) is 11.5 Å². The fraction of sp³-hybridized carbons (Fsp3) is 0.133. The molecule has 1 aliphatic heterocycles. The lowest BCUT2D eigenvalue weighted by molar-refractivity contribution is 0.101. The molecule has 0 radical (unpaired) electrons. The molecule has 0 aromatic heterocycles. The number of ether oxygens (including phenoxy) is 2. The van der Waals surface area contributed by atoms with E-state index in [1.807, 2.05) is 0 Å². The molecule has 2 aromatic carbocycles. The Labute approximate surface area is 119 Å². The van der Waals surface area contributed by atoms with Gasteiger partial charge in [-0.05, 0) is 24.3 Å². The molecule has 0 saturated carbocycles. The molecule has 6 heteroatoms. The maximum absolute atomic E-state index is 13.6. The van der Waals surface area contributed by atoms with E-state index in [1.54, 1.807) is 18.2 Å². The van der Waals surface area contributed by atoms with Crippen molar-refractivity contribution in [3.8, 4) is 17.2 Å². The molecule has 0 unspecified atom stereocenters. The van der Waals surface area contributed by atoms with Crippen LogP contribution in [0, 0.1) is 5.82 Å². The smallest absolute Gasteiger partial charge is 0.259 e. The molecule has 2 N–H and O–H groups in total. The number of hydrogen-bond donors (Lipinski definition) is 2. The van der Waals surface area contributed by atoms with Crippen LogP contribution in [0.4, 0.5) is 10.1 Å². The third-order valence-electron chi connectivity index (χ3n) is 3.01. The topological polar surface area (TPSA) is 67.8 Å². The van der Waals surface area contributed by atoms with Crippen molar-refractivity contribution in [2.24, 2.45) is 0 Å². The lowest BCUT2D eigenvalue weighted by Gasteiger charge is -2.20. The highest BCUT2D eigenvalue weighted by molar-refractivity contribution is 6.06. The number of para-hydroxylation sites is 1. The summed E-state index contributed by atoms with van der Waals surface area (Å²) < 4.78 is 24.5. The number of carbonyl (C=O) groups excluding carboxylic acids is 1. The second-order valence-electron chi connectivity index (χ2n) is 4.45. The lowest BCUT2D eigenvalue weighted by Crippen LogP contribution is -2.20. The monoisotopic (exact) mass is 289 g/mol. The predicted octanol–water partition coefficient (Wildman–Crippen LogP) is 2.55. The summed E-state index contributed by atoms with van der Waals surface area (Å²) >= 11 is 0. The van der Waals surface area contributed by atoms with Crippen molar-refractivity contribution in [3.05, 3.63) is 47.8 Å². The fourth-order valence-corrected chi connectivity index (χ4v) is 2.05. The number of halogens is 1. The van der Waals surface area contributed by atoms with Gasteiger partial charge in [0.1, 0.15) is 24.8 Å². The van der Waals surface area contributed by atoms with Crippen LogP contribution in [0.3, 0.4) is 0 Å². The van der Waals surface area contributed by atoms with Gasteiger partial charge in [-0.15, -0.1) is 0 Å². The Morgan fingerprint density at radius 3 is 2.81 bits per heavy atom. The Bertz CT molecular complexity index is 702. The van der Waals surface area contributed by atoms with Crippen molar-refractivity contribution < 1.29 is 23.8 Å². The molecular formula is C15H12FNO4. The number of benzene rings is 2. The molecule has 1 aliphatic rings. The van der Waals surface area contributed by atoms with Gasteiger partial charge in [-0.3, -0.25) is 4.79 Å². The minimum Gasteiger partial charge on any atom is -0.508 e. The van der Waals surface area contributed by atoms with Crippen molar-refractivity contribution in [3.63, 3.8) is 0 Å². The van der Waals surface area contributed by atoms with Crippen molar-refractivity contribution >= 4 is 11.6 Å². The predicted molar refractivity (Wildman–Crippen MR) is 73.5 cm³/mol. The van der Waals surface area contributed by atoms with Crippen LogP contribution in [-0.4, -0.2) is 24.2 Å². The largest absolute Gasteiger partial charge is 0.508 e. The summed E-state index contributed by atoms with van der Waals surface area (Å²) in [6.07, 6.45) is 0. The molecule has 3 rings (SSSR count). The van der Waals surface area contributed by atoms with E-state index >= 15 is 0 Å². The second-order valence-corrected chi connectivity index (χ2v) is 4.45. The van der Waals surface area contributed by atoms with Crippen LogP contribution in [-0.2, 0) is 0 Å². The number of carbonyl (C=O) groups is 1.